The van der Waals surface area contributed by atoms with Crippen LogP contribution < -0.4 is 10.2 Å². The Kier molecular flexibility index (Phi) is 5.44. The van der Waals surface area contributed by atoms with Crippen molar-refractivity contribution in [1.82, 2.24) is 0 Å². The minimum Gasteiger partial charge on any atom is -0.350 e. The quantitative estimate of drug-likeness (QED) is 0.411. The molecule has 0 atom stereocenters. The zero-order valence-electron chi connectivity index (χ0n) is 16.4. The summed E-state index contributed by atoms with van der Waals surface area (Å²) < 4.78 is 80.3. The van der Waals surface area contributed by atoms with E-state index in [1.807, 2.05) is 0 Å². The molecule has 0 aromatic heterocycles. The highest BCUT2D eigenvalue weighted by Gasteiger charge is 2.41. The Morgan fingerprint density at radius 2 is 1.42 bits per heavy atom. The van der Waals surface area contributed by atoms with Gasteiger partial charge in [0.25, 0.3) is 11.8 Å². The Labute approximate surface area is 182 Å². The van der Waals surface area contributed by atoms with E-state index in [0.717, 1.165) is 42.5 Å². The van der Waals surface area contributed by atoms with E-state index in [-0.39, 0.29) is 16.8 Å². The average molecular weight is 462 g/mol. The van der Waals surface area contributed by atoms with E-state index in [0.29, 0.717) is 11.0 Å². The molecule has 168 valence electrons. The first-order valence-electron chi connectivity index (χ1n) is 9.34. The molecule has 0 spiro atoms. The Hall–Kier alpha value is -4.08. The van der Waals surface area contributed by atoms with Crippen molar-refractivity contribution in [2.75, 3.05) is 10.2 Å². The third-order valence-electron chi connectivity index (χ3n) is 4.83. The van der Waals surface area contributed by atoms with E-state index in [4.69, 9.17) is 0 Å². The summed E-state index contributed by atoms with van der Waals surface area (Å²) in [4.78, 5) is 26.7. The van der Waals surface area contributed by atoms with Gasteiger partial charge in [0.05, 0.1) is 16.8 Å². The number of anilines is 2. The Balaban J connectivity index is 1.83. The summed E-state index contributed by atoms with van der Waals surface area (Å²) >= 11 is 0. The Bertz CT molecular complexity index is 1300. The van der Waals surface area contributed by atoms with Gasteiger partial charge in [-0.3, -0.25) is 9.59 Å². The molecule has 4 nitrogen and oxygen atoms in total. The summed E-state index contributed by atoms with van der Waals surface area (Å²) in [5.74, 6) is -4.88. The summed E-state index contributed by atoms with van der Waals surface area (Å²) in [6, 6.07) is 10.5. The lowest BCUT2D eigenvalue weighted by atomic mass is 10.0. The fourth-order valence-corrected chi connectivity index (χ4v) is 3.33. The number of hydrogen-bond acceptors (Lipinski definition) is 3. The minimum atomic E-state index is -4.66. The molecule has 0 saturated carbocycles. The van der Waals surface area contributed by atoms with Crippen molar-refractivity contribution in [3.63, 3.8) is 0 Å². The molecular formula is C23H12F6N2O2. The first kappa shape index (κ1) is 22.1. The lowest BCUT2D eigenvalue weighted by molar-refractivity contribution is -0.137. The highest BCUT2D eigenvalue weighted by molar-refractivity contribution is 6.46. The summed E-state index contributed by atoms with van der Waals surface area (Å²) in [5.41, 5.74) is -2.42. The predicted octanol–water partition coefficient (Wildman–Crippen LogP) is 5.52. The van der Waals surface area contributed by atoms with Crippen molar-refractivity contribution in [1.29, 1.82) is 0 Å². The maximum atomic E-state index is 14.4. The number of carbonyl (C=O) groups is 2. The van der Waals surface area contributed by atoms with Crippen LogP contribution in [0.3, 0.4) is 0 Å². The van der Waals surface area contributed by atoms with E-state index < -0.39 is 52.4 Å². The molecule has 1 heterocycles. The van der Waals surface area contributed by atoms with Gasteiger partial charge in [-0.25, -0.2) is 18.1 Å². The van der Waals surface area contributed by atoms with Crippen molar-refractivity contribution < 1.29 is 35.9 Å². The van der Waals surface area contributed by atoms with Gasteiger partial charge in [-0.15, -0.1) is 0 Å². The molecule has 1 aliphatic rings. The molecular weight excluding hydrogens is 450 g/mol. The minimum absolute atomic E-state index is 0.0641. The van der Waals surface area contributed by atoms with Gasteiger partial charge in [0, 0.05) is 11.8 Å². The van der Waals surface area contributed by atoms with Crippen LogP contribution in [0.25, 0.3) is 5.57 Å². The number of nitrogens with one attached hydrogen (secondary N) is 1. The van der Waals surface area contributed by atoms with Crippen LogP contribution >= 0.6 is 0 Å². The van der Waals surface area contributed by atoms with Crippen molar-refractivity contribution in [3.8, 4) is 0 Å². The topological polar surface area (TPSA) is 49.4 Å². The fourth-order valence-electron chi connectivity index (χ4n) is 3.33. The summed E-state index contributed by atoms with van der Waals surface area (Å²) in [6.07, 6.45) is -4.66. The molecule has 33 heavy (non-hydrogen) atoms. The second kappa shape index (κ2) is 8.12. The number of carbonyl (C=O) groups excluding carboxylic acids is 2. The maximum Gasteiger partial charge on any atom is 0.416 e. The number of nitrogens with zero attached hydrogens (tertiary/aromatic N) is 1. The average Bonchev–Trinajstić information content (AvgIpc) is 2.98. The highest BCUT2D eigenvalue weighted by Crippen LogP contribution is 2.36. The van der Waals surface area contributed by atoms with E-state index in [9.17, 15) is 35.9 Å². The van der Waals surface area contributed by atoms with Crippen LogP contribution in [0.5, 0.6) is 0 Å². The van der Waals surface area contributed by atoms with Crippen LogP contribution in [0.4, 0.5) is 37.7 Å². The van der Waals surface area contributed by atoms with Gasteiger partial charge in [0.2, 0.25) is 0 Å². The van der Waals surface area contributed by atoms with E-state index in [1.54, 1.807) is 0 Å². The van der Waals surface area contributed by atoms with Gasteiger partial charge in [-0.1, -0.05) is 18.2 Å². The molecule has 3 aromatic carbocycles. The summed E-state index contributed by atoms with van der Waals surface area (Å²) in [5, 5.41) is 2.50. The Morgan fingerprint density at radius 3 is 2.06 bits per heavy atom. The lowest BCUT2D eigenvalue weighted by Gasteiger charge is -2.16. The molecule has 2 amide bonds. The zero-order chi connectivity index (χ0) is 23.9. The van der Waals surface area contributed by atoms with Crippen molar-refractivity contribution in [2.45, 2.75) is 6.18 Å². The number of halogens is 6. The number of benzene rings is 3. The van der Waals surface area contributed by atoms with Gasteiger partial charge >= 0.3 is 6.18 Å². The monoisotopic (exact) mass is 462 g/mol. The van der Waals surface area contributed by atoms with Crippen molar-refractivity contribution >= 4 is 28.8 Å². The van der Waals surface area contributed by atoms with Gasteiger partial charge < -0.3 is 5.32 Å². The molecule has 0 radical (unpaired) electrons. The van der Waals surface area contributed by atoms with Crippen LogP contribution in [0.15, 0.2) is 72.4 Å². The SMILES string of the molecule is O=C1C(Nc2cccc(C(F)(F)F)c2)=C(c2ccc(F)cc2)C(=O)N1c1ccc(F)cc1F. The maximum absolute atomic E-state index is 14.4. The number of amides is 2. The van der Waals surface area contributed by atoms with Gasteiger partial charge in [0.15, 0.2) is 0 Å². The fraction of sp³-hybridized carbons (Fsp3) is 0.0435. The van der Waals surface area contributed by atoms with E-state index in [2.05, 4.69) is 5.32 Å². The van der Waals surface area contributed by atoms with Gasteiger partial charge in [0.1, 0.15) is 23.1 Å². The van der Waals surface area contributed by atoms with Crippen molar-refractivity contribution in [2.24, 2.45) is 0 Å². The predicted molar refractivity (Wildman–Crippen MR) is 107 cm³/mol. The van der Waals surface area contributed by atoms with E-state index >= 15 is 0 Å². The zero-order valence-corrected chi connectivity index (χ0v) is 16.4. The second-order valence-electron chi connectivity index (χ2n) is 7.00. The van der Waals surface area contributed by atoms with Crippen LogP contribution in [0.1, 0.15) is 11.1 Å². The lowest BCUT2D eigenvalue weighted by Crippen LogP contribution is -2.33. The van der Waals surface area contributed by atoms with Gasteiger partial charge in [-0.2, -0.15) is 13.2 Å². The van der Waals surface area contributed by atoms with Crippen LogP contribution in [-0.4, -0.2) is 11.8 Å². The standard InChI is InChI=1S/C23H12F6N2O2/c24-14-6-4-12(5-7-14)19-20(30-16-3-1-2-13(10-16)23(27,28)29)22(33)31(21(19)32)18-9-8-15(25)11-17(18)26/h1-11,30H. The number of alkyl halides is 3. The molecule has 0 aliphatic carbocycles. The van der Waals surface area contributed by atoms with E-state index in [1.165, 1.54) is 18.2 Å². The molecule has 0 fully saturated rings. The second-order valence-corrected chi connectivity index (χ2v) is 7.00. The first-order valence-corrected chi connectivity index (χ1v) is 9.34. The third-order valence-corrected chi connectivity index (χ3v) is 4.83. The largest absolute Gasteiger partial charge is 0.416 e. The number of imide groups is 1. The normalized spacial score (nSPS) is 14.3. The molecule has 3 aromatic rings. The molecule has 0 unspecified atom stereocenters. The van der Waals surface area contributed by atoms with Crippen LogP contribution in [-0.2, 0) is 15.8 Å². The molecule has 0 bridgehead atoms. The van der Waals surface area contributed by atoms with Gasteiger partial charge in [-0.05, 0) is 48.0 Å². The Morgan fingerprint density at radius 1 is 0.758 bits per heavy atom. The molecule has 4 rings (SSSR count). The highest BCUT2D eigenvalue weighted by atomic mass is 19.4. The van der Waals surface area contributed by atoms with Crippen molar-refractivity contribution in [3.05, 3.63) is 101 Å². The van der Waals surface area contributed by atoms with Crippen LogP contribution in [0, 0.1) is 17.5 Å². The molecule has 1 N–H and O–H groups in total. The first-order chi connectivity index (χ1) is 15.6. The molecule has 0 saturated heterocycles. The number of rotatable bonds is 4. The smallest absolute Gasteiger partial charge is 0.350 e. The van der Waals surface area contributed by atoms with Crippen LogP contribution in [0.2, 0.25) is 0 Å². The molecule has 10 heteroatoms. The summed E-state index contributed by atoms with van der Waals surface area (Å²) in [7, 11) is 0. The number of hydrogen-bond donors (Lipinski definition) is 1. The summed E-state index contributed by atoms with van der Waals surface area (Å²) in [6.45, 7) is 0. The molecule has 1 aliphatic heterocycles. The third kappa shape index (κ3) is 4.19.